The van der Waals surface area contributed by atoms with Crippen LogP contribution >= 0.6 is 0 Å². The standard InChI is InChI=1S/C22H29FN4O/c1-4-5-9-21(28)26-10-12-27(13-11-26)22-20(16(2)24-17(3)25-22)15-18-7-6-8-19(23)14-18/h6-8,14H,4-5,9-13,15H2,1-3H3. The van der Waals surface area contributed by atoms with E-state index in [2.05, 4.69) is 16.8 Å². The van der Waals surface area contributed by atoms with Crippen LogP contribution in [0, 0.1) is 19.7 Å². The van der Waals surface area contributed by atoms with Gasteiger partial charge in [0.05, 0.1) is 0 Å². The van der Waals surface area contributed by atoms with E-state index in [1.54, 1.807) is 12.1 Å². The average molecular weight is 384 g/mol. The van der Waals surface area contributed by atoms with Crippen molar-refractivity contribution in [3.63, 3.8) is 0 Å². The molecule has 0 N–H and O–H groups in total. The number of piperazine rings is 1. The molecule has 0 radical (unpaired) electrons. The first-order chi connectivity index (χ1) is 13.5. The van der Waals surface area contributed by atoms with Crippen LogP contribution in [0.4, 0.5) is 10.2 Å². The lowest BCUT2D eigenvalue weighted by Crippen LogP contribution is -2.49. The molecule has 28 heavy (non-hydrogen) atoms. The van der Waals surface area contributed by atoms with Crippen molar-refractivity contribution in [3.05, 3.63) is 52.7 Å². The van der Waals surface area contributed by atoms with Crippen molar-refractivity contribution in [1.29, 1.82) is 0 Å². The van der Waals surface area contributed by atoms with Gasteiger partial charge in [-0.15, -0.1) is 0 Å². The van der Waals surface area contributed by atoms with Crippen LogP contribution in [-0.2, 0) is 11.2 Å². The molecule has 2 aromatic rings. The summed E-state index contributed by atoms with van der Waals surface area (Å²) >= 11 is 0. The predicted octanol–water partition coefficient (Wildman–Crippen LogP) is 3.66. The predicted molar refractivity (Wildman–Crippen MR) is 109 cm³/mol. The molecule has 2 heterocycles. The van der Waals surface area contributed by atoms with Crippen LogP contribution in [0.3, 0.4) is 0 Å². The zero-order chi connectivity index (χ0) is 20.1. The van der Waals surface area contributed by atoms with E-state index in [4.69, 9.17) is 4.98 Å². The molecule has 0 bridgehead atoms. The molecule has 0 atom stereocenters. The minimum absolute atomic E-state index is 0.232. The molecule has 3 rings (SSSR count). The number of aromatic nitrogens is 2. The number of anilines is 1. The molecule has 1 aliphatic heterocycles. The second-order valence-electron chi connectivity index (χ2n) is 7.44. The molecule has 0 saturated carbocycles. The first kappa shape index (κ1) is 20.2. The summed E-state index contributed by atoms with van der Waals surface area (Å²) in [4.78, 5) is 25.7. The maximum Gasteiger partial charge on any atom is 0.222 e. The van der Waals surface area contributed by atoms with Gasteiger partial charge < -0.3 is 9.80 Å². The number of rotatable bonds is 6. The fourth-order valence-electron chi connectivity index (χ4n) is 3.69. The van der Waals surface area contributed by atoms with Gasteiger partial charge in [0.25, 0.3) is 0 Å². The Labute approximate surface area is 166 Å². The van der Waals surface area contributed by atoms with Crippen LogP contribution < -0.4 is 4.90 Å². The quantitative estimate of drug-likeness (QED) is 0.763. The highest BCUT2D eigenvalue weighted by Gasteiger charge is 2.24. The fraction of sp³-hybridized carbons (Fsp3) is 0.500. The zero-order valence-electron chi connectivity index (χ0n) is 17.0. The maximum absolute atomic E-state index is 13.6. The molecule has 1 fully saturated rings. The first-order valence-corrected chi connectivity index (χ1v) is 10.1. The van der Waals surface area contributed by atoms with E-state index < -0.39 is 0 Å². The number of amides is 1. The summed E-state index contributed by atoms with van der Waals surface area (Å²) in [5.74, 6) is 1.66. The molecule has 1 aromatic carbocycles. The second kappa shape index (κ2) is 9.13. The number of benzene rings is 1. The molecule has 1 aliphatic rings. The molecule has 5 nitrogen and oxygen atoms in total. The monoisotopic (exact) mass is 384 g/mol. The van der Waals surface area contributed by atoms with Gasteiger partial charge in [-0.05, 0) is 38.0 Å². The molecular formula is C22H29FN4O. The van der Waals surface area contributed by atoms with Crippen molar-refractivity contribution in [2.24, 2.45) is 0 Å². The normalized spacial score (nSPS) is 14.4. The van der Waals surface area contributed by atoms with E-state index in [1.807, 2.05) is 24.8 Å². The Morgan fingerprint density at radius 1 is 1.14 bits per heavy atom. The van der Waals surface area contributed by atoms with Crippen molar-refractivity contribution in [3.8, 4) is 0 Å². The Bertz CT molecular complexity index is 831. The van der Waals surface area contributed by atoms with Crippen molar-refractivity contribution in [1.82, 2.24) is 14.9 Å². The summed E-state index contributed by atoms with van der Waals surface area (Å²) in [6, 6.07) is 6.68. The lowest BCUT2D eigenvalue weighted by Gasteiger charge is -2.36. The molecule has 0 aliphatic carbocycles. The molecular weight excluding hydrogens is 355 g/mol. The van der Waals surface area contributed by atoms with E-state index in [9.17, 15) is 9.18 Å². The number of carbonyl (C=O) groups is 1. The highest BCUT2D eigenvalue weighted by atomic mass is 19.1. The number of aryl methyl sites for hydroxylation is 2. The maximum atomic E-state index is 13.6. The smallest absolute Gasteiger partial charge is 0.222 e. The highest BCUT2D eigenvalue weighted by molar-refractivity contribution is 5.76. The summed E-state index contributed by atoms with van der Waals surface area (Å²) in [6.07, 6.45) is 3.21. The van der Waals surface area contributed by atoms with Gasteiger partial charge >= 0.3 is 0 Å². The SMILES string of the molecule is CCCCC(=O)N1CCN(c2nc(C)nc(C)c2Cc2cccc(F)c2)CC1. The van der Waals surface area contributed by atoms with E-state index >= 15 is 0 Å². The number of halogens is 1. The average Bonchev–Trinajstić information content (AvgIpc) is 2.68. The van der Waals surface area contributed by atoms with Crippen LogP contribution in [0.2, 0.25) is 0 Å². The van der Waals surface area contributed by atoms with Crippen molar-refractivity contribution >= 4 is 11.7 Å². The van der Waals surface area contributed by atoms with Gasteiger partial charge in [0, 0.05) is 50.3 Å². The summed E-state index contributed by atoms with van der Waals surface area (Å²) in [5.41, 5.74) is 2.86. The Kier molecular flexibility index (Phi) is 6.60. The van der Waals surface area contributed by atoms with E-state index in [-0.39, 0.29) is 11.7 Å². The number of carbonyl (C=O) groups excluding carboxylic acids is 1. The van der Waals surface area contributed by atoms with Gasteiger partial charge in [-0.3, -0.25) is 4.79 Å². The number of unbranched alkanes of at least 4 members (excludes halogenated alkanes) is 1. The van der Waals surface area contributed by atoms with Gasteiger partial charge in [0.1, 0.15) is 17.5 Å². The van der Waals surface area contributed by atoms with Gasteiger partial charge in [-0.1, -0.05) is 25.5 Å². The molecule has 6 heteroatoms. The van der Waals surface area contributed by atoms with Crippen molar-refractivity contribution < 1.29 is 9.18 Å². The topological polar surface area (TPSA) is 49.3 Å². The Morgan fingerprint density at radius 3 is 2.57 bits per heavy atom. The van der Waals surface area contributed by atoms with Crippen LogP contribution in [0.25, 0.3) is 0 Å². The summed E-state index contributed by atoms with van der Waals surface area (Å²) in [6.45, 7) is 8.91. The van der Waals surface area contributed by atoms with E-state index in [1.165, 1.54) is 6.07 Å². The number of hydrogen-bond donors (Lipinski definition) is 0. The Morgan fingerprint density at radius 2 is 1.89 bits per heavy atom. The van der Waals surface area contributed by atoms with Gasteiger partial charge in [0.2, 0.25) is 5.91 Å². The third kappa shape index (κ3) is 4.86. The zero-order valence-corrected chi connectivity index (χ0v) is 17.0. The number of hydrogen-bond acceptors (Lipinski definition) is 4. The Balaban J connectivity index is 1.77. The third-order valence-electron chi connectivity index (χ3n) is 5.25. The molecule has 150 valence electrons. The summed E-state index contributed by atoms with van der Waals surface area (Å²) in [7, 11) is 0. The fourth-order valence-corrected chi connectivity index (χ4v) is 3.69. The van der Waals surface area contributed by atoms with Crippen molar-refractivity contribution in [2.45, 2.75) is 46.5 Å². The number of nitrogens with zero attached hydrogens (tertiary/aromatic N) is 4. The van der Waals surface area contributed by atoms with Gasteiger partial charge in [0.15, 0.2) is 0 Å². The van der Waals surface area contributed by atoms with Gasteiger partial charge in [-0.25, -0.2) is 14.4 Å². The highest BCUT2D eigenvalue weighted by Crippen LogP contribution is 2.25. The first-order valence-electron chi connectivity index (χ1n) is 10.1. The van der Waals surface area contributed by atoms with Crippen LogP contribution in [0.1, 0.15) is 48.8 Å². The lowest BCUT2D eigenvalue weighted by atomic mass is 10.0. The summed E-state index contributed by atoms with van der Waals surface area (Å²) < 4.78 is 13.6. The lowest BCUT2D eigenvalue weighted by molar-refractivity contribution is -0.131. The largest absolute Gasteiger partial charge is 0.353 e. The van der Waals surface area contributed by atoms with Crippen LogP contribution in [0.15, 0.2) is 24.3 Å². The molecule has 0 spiro atoms. The molecule has 1 saturated heterocycles. The van der Waals surface area contributed by atoms with Gasteiger partial charge in [-0.2, -0.15) is 0 Å². The summed E-state index contributed by atoms with van der Waals surface area (Å²) in [5, 5.41) is 0. The van der Waals surface area contributed by atoms with Crippen LogP contribution in [-0.4, -0.2) is 47.0 Å². The molecule has 1 amide bonds. The minimum Gasteiger partial charge on any atom is -0.353 e. The van der Waals surface area contributed by atoms with E-state index in [0.717, 1.165) is 54.4 Å². The molecule has 0 unspecified atom stereocenters. The third-order valence-corrected chi connectivity index (χ3v) is 5.25. The Hall–Kier alpha value is -2.50. The van der Waals surface area contributed by atoms with Crippen LogP contribution in [0.5, 0.6) is 0 Å². The van der Waals surface area contributed by atoms with Crippen molar-refractivity contribution in [2.75, 3.05) is 31.1 Å². The van der Waals surface area contributed by atoms with E-state index in [0.29, 0.717) is 25.9 Å². The minimum atomic E-state index is -0.232. The molecule has 1 aromatic heterocycles. The second-order valence-corrected chi connectivity index (χ2v) is 7.44.